The highest BCUT2D eigenvalue weighted by Crippen LogP contribution is 2.26. The summed E-state index contributed by atoms with van der Waals surface area (Å²) >= 11 is 0. The number of nitrogens with two attached hydrogens (primary N) is 1. The lowest BCUT2D eigenvalue weighted by molar-refractivity contribution is -0.154. The van der Waals surface area contributed by atoms with E-state index in [1.54, 1.807) is 12.1 Å². The van der Waals surface area contributed by atoms with Crippen LogP contribution in [0, 0.1) is 0 Å². The van der Waals surface area contributed by atoms with E-state index in [1.807, 2.05) is 24.3 Å². The number of aromatic nitrogens is 3. The predicted molar refractivity (Wildman–Crippen MR) is 133 cm³/mol. The molecule has 5 rings (SSSR count). The van der Waals surface area contributed by atoms with Crippen LogP contribution in [0.5, 0.6) is 17.5 Å². The third-order valence-corrected chi connectivity index (χ3v) is 5.42. The Morgan fingerprint density at radius 2 is 1.66 bits per heavy atom. The standard InChI is InChI=1S/C25H27F3N6O4/c26-25(27,28)15-38-24-33-22-30-14-16-5-8-18(9-6-16)36-11-3-1-2-4-12-37-20-13-17(31-23(32-22)34-24)7-10-19(20)21(29)35/h5-10,13H,1-4,11-12,14-15H2,(H2,29,35)(H2,30,31,32,33,34). The largest absolute Gasteiger partial charge is 0.494 e. The Kier molecular flexibility index (Phi) is 8.66. The quantitative estimate of drug-likeness (QED) is 0.443. The third-order valence-electron chi connectivity index (χ3n) is 5.42. The SMILES string of the molecule is NC(=O)c1ccc2cc1OCCCCCCOc1ccc(cc1)CNc1nc(nc(OCC(F)(F)F)n1)N2. The molecule has 0 unspecified atom stereocenters. The normalized spacial score (nSPS) is 14.6. The fourth-order valence-corrected chi connectivity index (χ4v) is 3.57. The van der Waals surface area contributed by atoms with E-state index < -0.39 is 24.7 Å². The monoisotopic (exact) mass is 532 g/mol. The molecule has 0 saturated heterocycles. The molecule has 2 aromatic carbocycles. The molecule has 0 aliphatic carbocycles. The average Bonchev–Trinajstić information content (AvgIpc) is 2.87. The lowest BCUT2D eigenvalue weighted by atomic mass is 10.1. The number of primary amides is 1. The molecule has 0 spiro atoms. The van der Waals surface area contributed by atoms with Crippen LogP contribution in [0.4, 0.5) is 30.8 Å². The topological polar surface area (TPSA) is 134 Å². The van der Waals surface area contributed by atoms with Crippen LogP contribution < -0.4 is 30.6 Å². The summed E-state index contributed by atoms with van der Waals surface area (Å²) in [6, 6.07) is 11.5. The second kappa shape index (κ2) is 12.3. The van der Waals surface area contributed by atoms with E-state index in [0.717, 1.165) is 37.0 Å². The molecule has 202 valence electrons. The number of nitrogens with one attached hydrogen (secondary N) is 2. The molecule has 0 saturated carbocycles. The van der Waals surface area contributed by atoms with Crippen LogP contribution >= 0.6 is 0 Å². The Morgan fingerprint density at radius 1 is 0.947 bits per heavy atom. The molecular formula is C25H27F3N6O4. The van der Waals surface area contributed by atoms with Crippen molar-refractivity contribution in [3.63, 3.8) is 0 Å². The molecule has 6 bridgehead atoms. The summed E-state index contributed by atoms with van der Waals surface area (Å²) in [6.45, 7) is -0.343. The fraction of sp³-hybridized carbons (Fsp3) is 0.360. The van der Waals surface area contributed by atoms with Gasteiger partial charge in [0.15, 0.2) is 6.61 Å². The highest BCUT2D eigenvalue weighted by molar-refractivity contribution is 5.96. The molecule has 0 atom stereocenters. The third kappa shape index (κ3) is 8.11. The van der Waals surface area contributed by atoms with Crippen LogP contribution in [0.2, 0.25) is 0 Å². The first-order chi connectivity index (χ1) is 18.2. The molecule has 2 aliphatic rings. The smallest absolute Gasteiger partial charge is 0.422 e. The summed E-state index contributed by atoms with van der Waals surface area (Å²) in [7, 11) is 0. The zero-order valence-corrected chi connectivity index (χ0v) is 20.4. The Balaban J connectivity index is 1.63. The van der Waals surface area contributed by atoms with Crippen molar-refractivity contribution in [1.82, 2.24) is 15.0 Å². The van der Waals surface area contributed by atoms with Crippen LogP contribution in [-0.2, 0) is 6.54 Å². The van der Waals surface area contributed by atoms with Crippen LogP contribution in [0.25, 0.3) is 0 Å². The minimum absolute atomic E-state index is 0.00359. The molecule has 1 aromatic heterocycles. The number of rotatable bonds is 3. The molecular weight excluding hydrogens is 505 g/mol. The number of fused-ring (bicyclic) bond motifs is 10. The van der Waals surface area contributed by atoms with Gasteiger partial charge in [0.1, 0.15) is 11.5 Å². The minimum Gasteiger partial charge on any atom is -0.494 e. The van der Waals surface area contributed by atoms with Crippen LogP contribution in [0.15, 0.2) is 42.5 Å². The first-order valence-electron chi connectivity index (χ1n) is 12.0. The first kappa shape index (κ1) is 26.8. The van der Waals surface area contributed by atoms with Gasteiger partial charge < -0.3 is 30.6 Å². The lowest BCUT2D eigenvalue weighted by Crippen LogP contribution is -2.21. The minimum atomic E-state index is -4.57. The number of ether oxygens (including phenoxy) is 3. The van der Waals surface area contributed by atoms with Gasteiger partial charge in [-0.05, 0) is 55.5 Å². The van der Waals surface area contributed by atoms with Crippen molar-refractivity contribution in [2.75, 3.05) is 30.5 Å². The summed E-state index contributed by atoms with van der Waals surface area (Å²) in [5, 5.41) is 5.87. The number of nitrogens with zero attached hydrogens (tertiary/aromatic N) is 3. The van der Waals surface area contributed by atoms with E-state index in [4.69, 9.17) is 19.9 Å². The summed E-state index contributed by atoms with van der Waals surface area (Å²) < 4.78 is 54.6. The van der Waals surface area contributed by atoms with Gasteiger partial charge in [-0.25, -0.2) is 0 Å². The maximum absolute atomic E-state index is 12.7. The van der Waals surface area contributed by atoms with Gasteiger partial charge in [0, 0.05) is 18.3 Å². The number of benzene rings is 2. The van der Waals surface area contributed by atoms with E-state index in [9.17, 15) is 18.0 Å². The van der Waals surface area contributed by atoms with E-state index in [1.165, 1.54) is 6.07 Å². The second-order valence-electron chi connectivity index (χ2n) is 8.48. The second-order valence-corrected chi connectivity index (χ2v) is 8.48. The maximum Gasteiger partial charge on any atom is 0.422 e. The van der Waals surface area contributed by atoms with Crippen molar-refractivity contribution in [2.24, 2.45) is 5.73 Å². The maximum atomic E-state index is 12.7. The number of hydrogen-bond donors (Lipinski definition) is 3. The summed E-state index contributed by atoms with van der Waals surface area (Å²) in [4.78, 5) is 24.0. The number of carbonyl (C=O) groups is 1. The highest BCUT2D eigenvalue weighted by atomic mass is 19.4. The van der Waals surface area contributed by atoms with E-state index in [2.05, 4.69) is 25.6 Å². The Bertz CT molecular complexity index is 1240. The van der Waals surface area contributed by atoms with Crippen molar-refractivity contribution >= 4 is 23.5 Å². The van der Waals surface area contributed by atoms with Crippen molar-refractivity contribution < 1.29 is 32.2 Å². The molecule has 13 heteroatoms. The molecule has 0 fully saturated rings. The first-order valence-corrected chi connectivity index (χ1v) is 12.0. The molecule has 2 aliphatic heterocycles. The predicted octanol–water partition coefficient (Wildman–Crippen LogP) is 4.60. The molecule has 38 heavy (non-hydrogen) atoms. The fourth-order valence-electron chi connectivity index (χ4n) is 3.57. The lowest BCUT2D eigenvalue weighted by Gasteiger charge is -2.14. The Labute approximate surface area is 216 Å². The molecule has 3 heterocycles. The van der Waals surface area contributed by atoms with Crippen LogP contribution in [-0.4, -0.2) is 46.9 Å². The van der Waals surface area contributed by atoms with E-state index in [-0.39, 0.29) is 29.8 Å². The molecule has 1 amide bonds. The van der Waals surface area contributed by atoms with Gasteiger partial charge in [-0.3, -0.25) is 4.79 Å². The average molecular weight is 533 g/mol. The van der Waals surface area contributed by atoms with Gasteiger partial charge in [-0.15, -0.1) is 0 Å². The van der Waals surface area contributed by atoms with Crippen molar-refractivity contribution in [3.8, 4) is 17.5 Å². The molecule has 10 nitrogen and oxygen atoms in total. The van der Waals surface area contributed by atoms with Crippen LogP contribution in [0.1, 0.15) is 41.6 Å². The highest BCUT2D eigenvalue weighted by Gasteiger charge is 2.29. The Morgan fingerprint density at radius 3 is 2.37 bits per heavy atom. The number of hydrogen-bond acceptors (Lipinski definition) is 9. The van der Waals surface area contributed by atoms with Crippen molar-refractivity contribution in [2.45, 2.75) is 38.4 Å². The summed E-state index contributed by atoms with van der Waals surface area (Å²) in [5.41, 5.74) is 6.97. The number of halogens is 3. The summed E-state index contributed by atoms with van der Waals surface area (Å²) in [5.74, 6) is 0.258. The molecule has 3 aromatic rings. The number of anilines is 3. The summed E-state index contributed by atoms with van der Waals surface area (Å²) in [6.07, 6.45) is -1.07. The zero-order valence-electron chi connectivity index (χ0n) is 20.4. The molecule has 4 N–H and O–H groups in total. The Hall–Kier alpha value is -4.29. The number of carbonyl (C=O) groups excluding carboxylic acids is 1. The van der Waals surface area contributed by atoms with Gasteiger partial charge in [0.05, 0.1) is 18.8 Å². The van der Waals surface area contributed by atoms with Gasteiger partial charge in [-0.1, -0.05) is 12.1 Å². The van der Waals surface area contributed by atoms with Gasteiger partial charge in [0.2, 0.25) is 11.9 Å². The number of alkyl halides is 3. The zero-order chi connectivity index (χ0) is 27.0. The van der Waals surface area contributed by atoms with Gasteiger partial charge >= 0.3 is 12.2 Å². The van der Waals surface area contributed by atoms with Gasteiger partial charge in [-0.2, -0.15) is 28.1 Å². The van der Waals surface area contributed by atoms with Crippen LogP contribution in [0.3, 0.4) is 0 Å². The van der Waals surface area contributed by atoms with Gasteiger partial charge in [0.25, 0.3) is 5.91 Å². The number of amides is 1. The molecule has 0 radical (unpaired) electrons. The van der Waals surface area contributed by atoms with Crippen molar-refractivity contribution in [3.05, 3.63) is 53.6 Å². The van der Waals surface area contributed by atoms with E-state index >= 15 is 0 Å². The van der Waals surface area contributed by atoms with E-state index in [0.29, 0.717) is 18.9 Å². The van der Waals surface area contributed by atoms with Crippen molar-refractivity contribution in [1.29, 1.82) is 0 Å².